The van der Waals surface area contributed by atoms with Crippen molar-refractivity contribution in [1.82, 2.24) is 19.4 Å². The minimum absolute atomic E-state index is 0.104. The molecule has 2 aromatic carbocycles. The van der Waals surface area contributed by atoms with Crippen LogP contribution in [0.2, 0.25) is 5.02 Å². The van der Waals surface area contributed by atoms with E-state index in [4.69, 9.17) is 26.8 Å². The number of aromatic nitrogens is 3. The number of hydrogen-bond donors (Lipinski definition) is 1. The van der Waals surface area contributed by atoms with Gasteiger partial charge >= 0.3 is 6.18 Å². The number of ether oxygens (including phenoxy) is 2. The lowest BCUT2D eigenvalue weighted by atomic mass is 10.0. The van der Waals surface area contributed by atoms with Gasteiger partial charge in [0.15, 0.2) is 0 Å². The van der Waals surface area contributed by atoms with Gasteiger partial charge in [-0.05, 0) is 56.3 Å². The Balaban J connectivity index is 0.000000339. The number of carbonyl (C=O) groups excluding carboxylic acids is 1. The van der Waals surface area contributed by atoms with Crippen LogP contribution in [-0.2, 0) is 33.4 Å². The number of hydrogen-bond acceptors (Lipinski definition) is 9. The van der Waals surface area contributed by atoms with Crippen LogP contribution in [0, 0.1) is 0 Å². The van der Waals surface area contributed by atoms with Gasteiger partial charge in [0.05, 0.1) is 30.3 Å². The van der Waals surface area contributed by atoms with E-state index in [1.54, 1.807) is 19.2 Å². The van der Waals surface area contributed by atoms with Gasteiger partial charge < -0.3 is 20.1 Å². The summed E-state index contributed by atoms with van der Waals surface area (Å²) in [5, 5.41) is 0.949. The largest absolute Gasteiger partial charge is 0.466 e. The lowest BCUT2D eigenvalue weighted by Crippen LogP contribution is -2.39. The molecule has 14 heteroatoms. The molecule has 5 rings (SSSR count). The van der Waals surface area contributed by atoms with Gasteiger partial charge in [-0.1, -0.05) is 30.2 Å². The molecule has 9 nitrogen and oxygen atoms in total. The summed E-state index contributed by atoms with van der Waals surface area (Å²) in [4.78, 5) is 33.2. The molecule has 0 bridgehead atoms. The SMILES string of the molecule is CN1CCCCC1COC=O.COCCc1nc2cc(-c3ncc(C(F)(F)F)s3)c(N)cc2c(=O)n1Cc1ccc(Cl)cc1. The molecule has 0 aliphatic carbocycles. The van der Waals surface area contributed by atoms with Gasteiger partial charge in [-0.2, -0.15) is 13.2 Å². The highest BCUT2D eigenvalue weighted by atomic mass is 35.5. The second kappa shape index (κ2) is 15.0. The fourth-order valence-electron chi connectivity index (χ4n) is 4.87. The van der Waals surface area contributed by atoms with Crippen LogP contribution < -0.4 is 11.3 Å². The van der Waals surface area contributed by atoms with Crippen molar-refractivity contribution in [2.75, 3.05) is 39.6 Å². The number of carbonyl (C=O) groups is 1. The van der Waals surface area contributed by atoms with Crippen molar-refractivity contribution < 1.29 is 27.4 Å². The van der Waals surface area contributed by atoms with Gasteiger partial charge in [0.1, 0.15) is 22.3 Å². The summed E-state index contributed by atoms with van der Waals surface area (Å²) in [6.07, 6.45) is 0.327. The predicted molar refractivity (Wildman–Crippen MR) is 165 cm³/mol. The van der Waals surface area contributed by atoms with Crippen LogP contribution in [0.5, 0.6) is 0 Å². The third kappa shape index (κ3) is 8.35. The van der Waals surface area contributed by atoms with E-state index in [1.165, 1.54) is 29.5 Å². The molecule has 1 unspecified atom stereocenters. The monoisotopic (exact) mass is 651 g/mol. The zero-order chi connectivity index (χ0) is 31.9. The summed E-state index contributed by atoms with van der Waals surface area (Å²) in [5.41, 5.74) is 7.43. The lowest BCUT2D eigenvalue weighted by molar-refractivity contribution is -0.134. The number of alkyl halides is 3. The van der Waals surface area contributed by atoms with Crippen LogP contribution in [-0.4, -0.2) is 65.9 Å². The van der Waals surface area contributed by atoms with Crippen molar-refractivity contribution in [2.45, 2.75) is 44.4 Å². The maximum Gasteiger partial charge on any atom is 0.427 e. The summed E-state index contributed by atoms with van der Waals surface area (Å²) in [6.45, 7) is 2.82. The Bertz CT molecular complexity index is 1630. The first kappa shape index (κ1) is 33.4. The van der Waals surface area contributed by atoms with Gasteiger partial charge in [-0.25, -0.2) is 9.97 Å². The van der Waals surface area contributed by atoms with E-state index < -0.39 is 11.1 Å². The number of benzene rings is 2. The first-order valence-corrected chi connectivity index (χ1v) is 15.1. The molecule has 4 aromatic rings. The molecule has 44 heavy (non-hydrogen) atoms. The van der Waals surface area contributed by atoms with Gasteiger partial charge in [0, 0.05) is 35.8 Å². The molecule has 2 N–H and O–H groups in total. The maximum atomic E-state index is 13.4. The number of fused-ring (bicyclic) bond motifs is 1. The van der Waals surface area contributed by atoms with Crippen LogP contribution in [0.25, 0.3) is 21.5 Å². The first-order chi connectivity index (χ1) is 21.0. The molecule has 0 amide bonds. The van der Waals surface area contributed by atoms with E-state index in [1.807, 2.05) is 12.1 Å². The number of thiazole rings is 1. The Hall–Kier alpha value is -3.52. The van der Waals surface area contributed by atoms with E-state index in [0.29, 0.717) is 65.4 Å². The summed E-state index contributed by atoms with van der Waals surface area (Å²) >= 11 is 6.44. The van der Waals surface area contributed by atoms with Gasteiger partial charge in [-0.15, -0.1) is 11.3 Å². The van der Waals surface area contributed by atoms with Gasteiger partial charge in [-0.3, -0.25) is 14.2 Å². The number of anilines is 1. The molecule has 0 radical (unpaired) electrons. The van der Waals surface area contributed by atoms with Crippen molar-refractivity contribution in [3.8, 4) is 10.6 Å². The predicted octanol–water partition coefficient (Wildman–Crippen LogP) is 5.66. The fourth-order valence-corrected chi connectivity index (χ4v) is 5.82. The average molecular weight is 652 g/mol. The molecule has 3 heterocycles. The summed E-state index contributed by atoms with van der Waals surface area (Å²) in [5.74, 6) is 0.482. The van der Waals surface area contributed by atoms with Crippen LogP contribution in [0.1, 0.15) is 35.5 Å². The van der Waals surface area contributed by atoms with E-state index >= 15 is 0 Å². The third-order valence-electron chi connectivity index (χ3n) is 7.28. The van der Waals surface area contributed by atoms with Crippen molar-refractivity contribution in [1.29, 1.82) is 0 Å². The molecule has 2 aromatic heterocycles. The Morgan fingerprint density at radius 1 is 1.20 bits per heavy atom. The zero-order valence-corrected chi connectivity index (χ0v) is 25.8. The number of nitrogens with two attached hydrogens (primary N) is 1. The number of halogens is 4. The molecule has 1 atom stereocenters. The number of rotatable bonds is 9. The Morgan fingerprint density at radius 3 is 2.59 bits per heavy atom. The first-order valence-electron chi connectivity index (χ1n) is 13.9. The summed E-state index contributed by atoms with van der Waals surface area (Å²) < 4.78 is 50.4. The Labute approximate surface area is 261 Å². The van der Waals surface area contributed by atoms with Crippen molar-refractivity contribution >= 4 is 46.0 Å². The van der Waals surface area contributed by atoms with Crippen molar-refractivity contribution in [2.24, 2.45) is 0 Å². The number of nitrogen functional groups attached to an aromatic ring is 1. The molecule has 0 saturated carbocycles. The van der Waals surface area contributed by atoms with E-state index in [9.17, 15) is 22.8 Å². The third-order valence-corrected chi connectivity index (χ3v) is 8.61. The zero-order valence-electron chi connectivity index (χ0n) is 24.3. The van der Waals surface area contributed by atoms with E-state index in [0.717, 1.165) is 24.7 Å². The highest BCUT2D eigenvalue weighted by molar-refractivity contribution is 7.15. The highest BCUT2D eigenvalue weighted by Gasteiger charge is 2.33. The van der Waals surface area contributed by atoms with Crippen LogP contribution >= 0.6 is 22.9 Å². The highest BCUT2D eigenvalue weighted by Crippen LogP contribution is 2.39. The maximum absolute atomic E-state index is 13.4. The number of likely N-dealkylation sites (N-methyl/N-ethyl adjacent to an activating group) is 1. The number of methoxy groups -OCH3 is 1. The quantitative estimate of drug-likeness (QED) is 0.182. The number of piperidine rings is 1. The summed E-state index contributed by atoms with van der Waals surface area (Å²) in [6, 6.07) is 10.5. The smallest absolute Gasteiger partial charge is 0.427 e. The minimum Gasteiger partial charge on any atom is -0.466 e. The van der Waals surface area contributed by atoms with Gasteiger partial charge in [0.25, 0.3) is 12.0 Å². The second-order valence-corrected chi connectivity index (χ2v) is 11.8. The number of nitrogens with zero attached hydrogens (tertiary/aromatic N) is 4. The van der Waals surface area contributed by atoms with Gasteiger partial charge in [0.2, 0.25) is 0 Å². The fraction of sp³-hybridized carbons (Fsp3) is 0.400. The van der Waals surface area contributed by atoms with Crippen LogP contribution in [0.15, 0.2) is 47.4 Å². The number of likely N-dealkylation sites (tertiary alicyclic amines) is 1. The standard InChI is InChI=1S/C22H18ClF3N4O2S.C8H15NO2/c1-32-7-6-19-29-17-9-14(20-28-10-18(33-20)22(24,25)26)16(27)8-15(17)21(31)30(19)11-12-2-4-13(23)5-3-12;1-9-5-3-2-4-8(9)6-11-7-10/h2-5,8-10H,6-7,11,27H2,1H3;7-8H,2-6H2,1H3. The van der Waals surface area contributed by atoms with Crippen molar-refractivity contribution in [3.63, 3.8) is 0 Å². The molecule has 236 valence electrons. The van der Waals surface area contributed by atoms with Crippen LogP contribution in [0.4, 0.5) is 18.9 Å². The lowest BCUT2D eigenvalue weighted by Gasteiger charge is -2.31. The normalized spacial score (nSPS) is 15.5. The average Bonchev–Trinajstić information content (AvgIpc) is 3.50. The topological polar surface area (TPSA) is 113 Å². The molecule has 1 aliphatic rings. The minimum atomic E-state index is -4.50. The van der Waals surface area contributed by atoms with Crippen LogP contribution in [0.3, 0.4) is 0 Å². The Morgan fingerprint density at radius 2 is 1.95 bits per heavy atom. The van der Waals surface area contributed by atoms with E-state index in [2.05, 4.69) is 21.9 Å². The Kier molecular flexibility index (Phi) is 11.4. The molecule has 0 spiro atoms. The molecule has 1 fully saturated rings. The molecule has 1 aliphatic heterocycles. The van der Waals surface area contributed by atoms with E-state index in [-0.39, 0.29) is 28.2 Å². The molecular weight excluding hydrogens is 619 g/mol. The summed E-state index contributed by atoms with van der Waals surface area (Å²) in [7, 11) is 3.63. The van der Waals surface area contributed by atoms with Crippen molar-refractivity contribution in [3.05, 3.63) is 74.2 Å². The second-order valence-electron chi connectivity index (χ2n) is 10.3. The molecule has 1 saturated heterocycles. The molecular formula is C30H33ClF3N5O4S.